The second kappa shape index (κ2) is 5.33. The first-order valence-electron chi connectivity index (χ1n) is 9.08. The number of carbonyl (C=O) groups excluding carboxylic acids is 1. The van der Waals surface area contributed by atoms with E-state index in [1.165, 1.54) is 18.8 Å². The minimum absolute atomic E-state index is 0.156. The van der Waals surface area contributed by atoms with E-state index in [9.17, 15) is 4.79 Å². The summed E-state index contributed by atoms with van der Waals surface area (Å²) in [6.45, 7) is 4.62. The summed E-state index contributed by atoms with van der Waals surface area (Å²) < 4.78 is 0. The van der Waals surface area contributed by atoms with Crippen LogP contribution in [0.2, 0.25) is 0 Å². The largest absolute Gasteiger partial charge is 0.388 e. The van der Waals surface area contributed by atoms with Gasteiger partial charge in [0, 0.05) is 55.7 Å². The monoisotopic (exact) mass is 333 g/mol. The minimum Gasteiger partial charge on any atom is -0.388 e. The highest BCUT2D eigenvalue weighted by atomic mass is 16.1. The lowest BCUT2D eigenvalue weighted by atomic mass is 10.0. The summed E-state index contributed by atoms with van der Waals surface area (Å²) in [6.07, 6.45) is 0. The minimum atomic E-state index is 0.156. The van der Waals surface area contributed by atoms with Gasteiger partial charge in [-0.05, 0) is 54.3 Å². The third kappa shape index (κ3) is 2.20. The fourth-order valence-corrected chi connectivity index (χ4v) is 4.86. The van der Waals surface area contributed by atoms with Crippen LogP contribution in [-0.2, 0) is 0 Å². The van der Waals surface area contributed by atoms with E-state index in [1.807, 2.05) is 19.2 Å². The maximum atomic E-state index is 12.9. The van der Waals surface area contributed by atoms with Gasteiger partial charge < -0.3 is 15.1 Å². The molecule has 3 aliphatic rings. The Morgan fingerprint density at radius 3 is 2.20 bits per heavy atom. The average molecular weight is 333 g/mol. The Hall–Kier alpha value is -2.33. The molecule has 25 heavy (non-hydrogen) atoms. The number of benzene rings is 2. The van der Waals surface area contributed by atoms with E-state index in [1.54, 1.807) is 0 Å². The Kier molecular flexibility index (Phi) is 3.19. The predicted molar refractivity (Wildman–Crippen MR) is 102 cm³/mol. The van der Waals surface area contributed by atoms with Crippen molar-refractivity contribution in [3.05, 3.63) is 47.5 Å². The molecule has 2 heterocycles. The van der Waals surface area contributed by atoms with Gasteiger partial charge in [-0.2, -0.15) is 0 Å². The molecule has 2 aliphatic heterocycles. The van der Waals surface area contributed by atoms with Gasteiger partial charge in [-0.25, -0.2) is 0 Å². The fourth-order valence-electron chi connectivity index (χ4n) is 4.86. The van der Waals surface area contributed by atoms with Crippen molar-refractivity contribution in [3.63, 3.8) is 0 Å². The van der Waals surface area contributed by atoms with Gasteiger partial charge in [0.05, 0.1) is 0 Å². The van der Waals surface area contributed by atoms with E-state index in [-0.39, 0.29) is 5.78 Å². The Balaban J connectivity index is 1.47. The third-order valence-electron chi connectivity index (χ3n) is 6.12. The van der Waals surface area contributed by atoms with Crippen molar-refractivity contribution in [1.29, 1.82) is 0 Å². The number of fused-ring (bicyclic) bond motifs is 4. The van der Waals surface area contributed by atoms with Crippen LogP contribution in [0.15, 0.2) is 36.4 Å². The Bertz CT molecular complexity index is 861. The quantitative estimate of drug-likeness (QED) is 0.782. The van der Waals surface area contributed by atoms with Gasteiger partial charge >= 0.3 is 0 Å². The maximum absolute atomic E-state index is 12.9. The van der Waals surface area contributed by atoms with Gasteiger partial charge in [-0.1, -0.05) is 12.1 Å². The van der Waals surface area contributed by atoms with E-state index in [2.05, 4.69) is 46.4 Å². The van der Waals surface area contributed by atoms with Crippen molar-refractivity contribution in [1.82, 2.24) is 4.90 Å². The number of likely N-dealkylation sites (tertiary alicyclic amines) is 1. The number of rotatable bonds is 2. The van der Waals surface area contributed by atoms with Crippen LogP contribution in [0.3, 0.4) is 0 Å². The molecule has 0 radical (unpaired) electrons. The van der Waals surface area contributed by atoms with Gasteiger partial charge in [-0.3, -0.25) is 4.79 Å². The molecule has 0 spiro atoms. The van der Waals surface area contributed by atoms with Crippen LogP contribution in [0.1, 0.15) is 15.9 Å². The molecule has 128 valence electrons. The topological polar surface area (TPSA) is 35.6 Å². The number of nitrogens with zero attached hydrogens (tertiary/aromatic N) is 2. The highest BCUT2D eigenvalue weighted by molar-refractivity contribution is 6.22. The van der Waals surface area contributed by atoms with E-state index in [0.29, 0.717) is 0 Å². The van der Waals surface area contributed by atoms with Gasteiger partial charge in [0.2, 0.25) is 0 Å². The second-order valence-electron chi connectivity index (χ2n) is 7.72. The normalized spacial score (nSPS) is 24.4. The zero-order chi connectivity index (χ0) is 17.1. The molecule has 0 bridgehead atoms. The Morgan fingerprint density at radius 2 is 1.52 bits per heavy atom. The highest BCUT2D eigenvalue weighted by Crippen LogP contribution is 2.41. The van der Waals surface area contributed by atoms with Crippen molar-refractivity contribution in [3.8, 4) is 11.1 Å². The molecule has 1 N–H and O–H groups in total. The molecule has 0 saturated carbocycles. The van der Waals surface area contributed by atoms with Crippen LogP contribution in [0.25, 0.3) is 11.1 Å². The summed E-state index contributed by atoms with van der Waals surface area (Å²) in [5, 5.41) is 3.12. The van der Waals surface area contributed by atoms with E-state index in [0.717, 1.165) is 52.9 Å². The van der Waals surface area contributed by atoms with Crippen LogP contribution in [0.4, 0.5) is 11.4 Å². The molecule has 2 atom stereocenters. The number of ketones is 1. The first kappa shape index (κ1) is 15.0. The zero-order valence-corrected chi connectivity index (χ0v) is 14.7. The van der Waals surface area contributed by atoms with Crippen LogP contribution >= 0.6 is 0 Å². The standard InChI is InChI=1S/C21H23N3O/c1-22-15-3-5-17-18-6-4-16(8-20(18)21(25)19(17)7-15)24-11-13-9-23(2)10-14(13)12-24/h3-8,13-14,22H,9-12H2,1-2H3. The lowest BCUT2D eigenvalue weighted by molar-refractivity contribution is 0.104. The summed E-state index contributed by atoms with van der Waals surface area (Å²) in [7, 11) is 4.10. The van der Waals surface area contributed by atoms with Crippen molar-refractivity contribution in [2.24, 2.45) is 11.8 Å². The summed E-state index contributed by atoms with van der Waals surface area (Å²) in [5.41, 5.74) is 5.99. The Labute approximate surface area is 148 Å². The molecule has 2 unspecified atom stereocenters. The molecule has 4 heteroatoms. The van der Waals surface area contributed by atoms with Crippen LogP contribution in [-0.4, -0.2) is 51.0 Å². The second-order valence-corrected chi connectivity index (χ2v) is 7.72. The summed E-state index contributed by atoms with van der Waals surface area (Å²) >= 11 is 0. The average Bonchev–Trinajstić information content (AvgIpc) is 3.25. The molecule has 4 nitrogen and oxygen atoms in total. The molecule has 5 rings (SSSR count). The molecular formula is C21H23N3O. The van der Waals surface area contributed by atoms with Crippen molar-refractivity contribution in [2.75, 3.05) is 50.5 Å². The zero-order valence-electron chi connectivity index (χ0n) is 14.7. The fraction of sp³-hybridized carbons (Fsp3) is 0.381. The number of carbonyl (C=O) groups is 1. The van der Waals surface area contributed by atoms with E-state index >= 15 is 0 Å². The first-order chi connectivity index (χ1) is 12.1. The first-order valence-corrected chi connectivity index (χ1v) is 9.08. The molecule has 2 saturated heterocycles. The Morgan fingerprint density at radius 1 is 0.880 bits per heavy atom. The third-order valence-corrected chi connectivity index (χ3v) is 6.12. The molecule has 0 amide bonds. The van der Waals surface area contributed by atoms with E-state index in [4.69, 9.17) is 0 Å². The molecule has 0 aromatic heterocycles. The SMILES string of the molecule is CNc1ccc2c(c1)C(=O)c1cc(N3CC4CN(C)CC4C3)ccc1-2. The lowest BCUT2D eigenvalue weighted by Gasteiger charge is -2.22. The van der Waals surface area contributed by atoms with Crippen molar-refractivity contribution >= 4 is 17.2 Å². The summed E-state index contributed by atoms with van der Waals surface area (Å²) in [5.74, 6) is 1.69. The summed E-state index contributed by atoms with van der Waals surface area (Å²) in [4.78, 5) is 17.8. The van der Waals surface area contributed by atoms with Crippen LogP contribution in [0, 0.1) is 11.8 Å². The molecular weight excluding hydrogens is 310 g/mol. The number of nitrogens with one attached hydrogen (secondary N) is 1. The number of hydrogen-bond donors (Lipinski definition) is 1. The van der Waals surface area contributed by atoms with E-state index < -0.39 is 0 Å². The van der Waals surface area contributed by atoms with Gasteiger partial charge in [-0.15, -0.1) is 0 Å². The molecule has 1 aliphatic carbocycles. The number of anilines is 2. The molecule has 2 aromatic rings. The maximum Gasteiger partial charge on any atom is 0.194 e. The van der Waals surface area contributed by atoms with Gasteiger partial charge in [0.15, 0.2) is 5.78 Å². The van der Waals surface area contributed by atoms with Gasteiger partial charge in [0.1, 0.15) is 0 Å². The lowest BCUT2D eigenvalue weighted by Crippen LogP contribution is -2.26. The van der Waals surface area contributed by atoms with Crippen LogP contribution in [0.5, 0.6) is 0 Å². The highest BCUT2D eigenvalue weighted by Gasteiger charge is 2.39. The van der Waals surface area contributed by atoms with Crippen molar-refractivity contribution < 1.29 is 4.79 Å². The smallest absolute Gasteiger partial charge is 0.194 e. The van der Waals surface area contributed by atoms with Crippen LogP contribution < -0.4 is 10.2 Å². The number of hydrogen-bond acceptors (Lipinski definition) is 4. The predicted octanol–water partition coefficient (Wildman–Crippen LogP) is 2.94. The van der Waals surface area contributed by atoms with Crippen molar-refractivity contribution in [2.45, 2.75) is 0 Å². The molecule has 2 aromatic carbocycles. The van der Waals surface area contributed by atoms with Gasteiger partial charge in [0.25, 0.3) is 0 Å². The molecule has 2 fully saturated rings. The summed E-state index contributed by atoms with van der Waals surface area (Å²) in [6, 6.07) is 12.5.